The third-order valence-electron chi connectivity index (χ3n) is 1.81. The van der Waals surface area contributed by atoms with E-state index in [4.69, 9.17) is 15.2 Å². The molecule has 0 fully saturated rings. The normalized spacial score (nSPS) is 10.8. The summed E-state index contributed by atoms with van der Waals surface area (Å²) in [7, 11) is 0. The second-order valence-corrected chi connectivity index (χ2v) is 4.71. The van der Waals surface area contributed by atoms with E-state index in [9.17, 15) is 0 Å². The van der Waals surface area contributed by atoms with Crippen molar-refractivity contribution >= 4 is 17.6 Å². The highest BCUT2D eigenvalue weighted by molar-refractivity contribution is 7.98. The van der Waals surface area contributed by atoms with Crippen LogP contribution in [0.2, 0.25) is 0 Å². The lowest BCUT2D eigenvalue weighted by molar-refractivity contribution is 0.0804. The number of ether oxygens (including phenoxy) is 2. The molecule has 5 nitrogen and oxygen atoms in total. The Hall–Kier alpha value is -1.01. The number of anilines is 1. The van der Waals surface area contributed by atoms with Crippen molar-refractivity contribution in [1.82, 2.24) is 9.97 Å². The van der Waals surface area contributed by atoms with Gasteiger partial charge in [-0.1, -0.05) is 25.6 Å². The average Bonchev–Trinajstić information content (AvgIpc) is 2.27. The van der Waals surface area contributed by atoms with Gasteiger partial charge in [-0.25, -0.2) is 4.98 Å². The van der Waals surface area contributed by atoms with Gasteiger partial charge < -0.3 is 15.2 Å². The predicted octanol–water partition coefficient (Wildman–Crippen LogP) is 1.83. The van der Waals surface area contributed by atoms with Crippen LogP contribution in [0.1, 0.15) is 13.8 Å². The van der Waals surface area contributed by atoms with Crippen LogP contribution >= 0.6 is 11.8 Å². The zero-order chi connectivity index (χ0) is 12.7. The lowest BCUT2D eigenvalue weighted by atomic mass is 10.2. The second kappa shape index (κ2) is 7.34. The topological polar surface area (TPSA) is 70.3 Å². The summed E-state index contributed by atoms with van der Waals surface area (Å²) in [6.45, 7) is 5.98. The monoisotopic (exact) mass is 257 g/mol. The molecule has 0 bridgehead atoms. The summed E-state index contributed by atoms with van der Waals surface area (Å²) < 4.78 is 10.8. The Balaban J connectivity index is 2.33. The van der Waals surface area contributed by atoms with E-state index in [0.29, 0.717) is 36.0 Å². The molecule has 1 rings (SSSR count). The van der Waals surface area contributed by atoms with E-state index < -0.39 is 0 Å². The maximum Gasteiger partial charge on any atom is 0.219 e. The molecule has 0 aliphatic heterocycles. The minimum absolute atomic E-state index is 0.419. The van der Waals surface area contributed by atoms with Crippen LogP contribution in [0.3, 0.4) is 0 Å². The van der Waals surface area contributed by atoms with Crippen LogP contribution in [0.15, 0.2) is 11.2 Å². The largest absolute Gasteiger partial charge is 0.475 e. The lowest BCUT2D eigenvalue weighted by Gasteiger charge is -2.08. The summed E-state index contributed by atoms with van der Waals surface area (Å²) in [6, 6.07) is 1.61. The van der Waals surface area contributed by atoms with E-state index in [1.807, 2.05) is 6.26 Å². The molecule has 17 heavy (non-hydrogen) atoms. The Labute approximate surface area is 106 Å². The number of aromatic nitrogens is 2. The van der Waals surface area contributed by atoms with E-state index in [2.05, 4.69) is 23.8 Å². The fraction of sp³-hybridized carbons (Fsp3) is 0.636. The number of hydrogen-bond acceptors (Lipinski definition) is 6. The molecule has 96 valence electrons. The third kappa shape index (κ3) is 5.74. The third-order valence-corrected chi connectivity index (χ3v) is 2.36. The zero-order valence-electron chi connectivity index (χ0n) is 10.5. The van der Waals surface area contributed by atoms with E-state index in [1.165, 1.54) is 11.8 Å². The molecule has 1 aromatic rings. The van der Waals surface area contributed by atoms with Crippen molar-refractivity contribution in [2.75, 3.05) is 31.8 Å². The molecule has 0 radical (unpaired) electrons. The Morgan fingerprint density at radius 2 is 2.12 bits per heavy atom. The Bertz CT molecular complexity index is 347. The van der Waals surface area contributed by atoms with Crippen LogP contribution in [0.25, 0.3) is 0 Å². The van der Waals surface area contributed by atoms with Crippen LogP contribution in [-0.4, -0.2) is 36.0 Å². The molecule has 1 heterocycles. The molecule has 0 unspecified atom stereocenters. The molecular formula is C11H19N3O2S. The van der Waals surface area contributed by atoms with Gasteiger partial charge in [0.05, 0.1) is 6.61 Å². The van der Waals surface area contributed by atoms with Gasteiger partial charge in [-0.15, -0.1) is 0 Å². The zero-order valence-corrected chi connectivity index (χ0v) is 11.3. The first-order chi connectivity index (χ1) is 8.11. The van der Waals surface area contributed by atoms with Gasteiger partial charge in [-0.05, 0) is 12.2 Å². The smallest absolute Gasteiger partial charge is 0.219 e. The first-order valence-electron chi connectivity index (χ1n) is 5.51. The number of nitrogens with two attached hydrogens (primary N) is 1. The summed E-state index contributed by atoms with van der Waals surface area (Å²) in [5.41, 5.74) is 5.63. The summed E-state index contributed by atoms with van der Waals surface area (Å²) in [4.78, 5) is 8.22. The number of nitrogens with zero attached hydrogens (tertiary/aromatic N) is 2. The van der Waals surface area contributed by atoms with Crippen molar-refractivity contribution in [2.24, 2.45) is 5.92 Å². The van der Waals surface area contributed by atoms with Gasteiger partial charge in [0.1, 0.15) is 12.4 Å². The van der Waals surface area contributed by atoms with Gasteiger partial charge in [-0.3, -0.25) is 0 Å². The van der Waals surface area contributed by atoms with Crippen LogP contribution in [-0.2, 0) is 4.74 Å². The molecule has 1 aromatic heterocycles. The van der Waals surface area contributed by atoms with Crippen molar-refractivity contribution in [3.8, 4) is 5.88 Å². The highest BCUT2D eigenvalue weighted by Gasteiger charge is 2.02. The molecule has 2 N–H and O–H groups in total. The van der Waals surface area contributed by atoms with Gasteiger partial charge >= 0.3 is 0 Å². The van der Waals surface area contributed by atoms with E-state index >= 15 is 0 Å². The molecule has 0 spiro atoms. The van der Waals surface area contributed by atoms with Crippen LogP contribution in [0.4, 0.5) is 5.82 Å². The number of nitrogen functional groups attached to an aromatic ring is 1. The Morgan fingerprint density at radius 3 is 2.76 bits per heavy atom. The Morgan fingerprint density at radius 1 is 1.35 bits per heavy atom. The maximum absolute atomic E-state index is 5.63. The van der Waals surface area contributed by atoms with E-state index in [0.717, 1.165) is 6.61 Å². The SMILES string of the molecule is CSc1nc(N)cc(OCCOCC(C)C)n1. The molecule has 0 aliphatic rings. The molecule has 0 amide bonds. The predicted molar refractivity (Wildman–Crippen MR) is 69.4 cm³/mol. The fourth-order valence-corrected chi connectivity index (χ4v) is 1.49. The first kappa shape index (κ1) is 14.1. The molecular weight excluding hydrogens is 238 g/mol. The standard InChI is InChI=1S/C11H19N3O2S/c1-8(2)7-15-4-5-16-10-6-9(12)13-11(14-10)17-3/h6,8H,4-5,7H2,1-3H3,(H2,12,13,14). The molecule has 0 saturated heterocycles. The van der Waals surface area contributed by atoms with Gasteiger partial charge in [0.25, 0.3) is 0 Å². The van der Waals surface area contributed by atoms with Crippen LogP contribution < -0.4 is 10.5 Å². The summed E-state index contributed by atoms with van der Waals surface area (Å²) >= 11 is 1.43. The summed E-state index contributed by atoms with van der Waals surface area (Å²) in [6.07, 6.45) is 1.89. The van der Waals surface area contributed by atoms with Crippen LogP contribution in [0.5, 0.6) is 5.88 Å². The van der Waals surface area contributed by atoms with Crippen molar-refractivity contribution < 1.29 is 9.47 Å². The summed E-state index contributed by atoms with van der Waals surface area (Å²) in [5.74, 6) is 1.45. The minimum Gasteiger partial charge on any atom is -0.475 e. The maximum atomic E-state index is 5.63. The number of thioether (sulfide) groups is 1. The quantitative estimate of drug-likeness (QED) is 0.456. The van der Waals surface area contributed by atoms with Gasteiger partial charge in [0.2, 0.25) is 5.88 Å². The number of rotatable bonds is 7. The van der Waals surface area contributed by atoms with Crippen LogP contribution in [0, 0.1) is 5.92 Å². The second-order valence-electron chi connectivity index (χ2n) is 3.93. The van der Waals surface area contributed by atoms with Crippen molar-refractivity contribution in [3.63, 3.8) is 0 Å². The van der Waals surface area contributed by atoms with Gasteiger partial charge in [-0.2, -0.15) is 4.98 Å². The van der Waals surface area contributed by atoms with E-state index in [-0.39, 0.29) is 0 Å². The average molecular weight is 257 g/mol. The molecule has 0 aromatic carbocycles. The highest BCUT2D eigenvalue weighted by atomic mass is 32.2. The van der Waals surface area contributed by atoms with Crippen molar-refractivity contribution in [2.45, 2.75) is 19.0 Å². The van der Waals surface area contributed by atoms with E-state index in [1.54, 1.807) is 6.07 Å². The van der Waals surface area contributed by atoms with Gasteiger partial charge in [0.15, 0.2) is 5.16 Å². The van der Waals surface area contributed by atoms with Gasteiger partial charge in [0, 0.05) is 12.7 Å². The number of hydrogen-bond donors (Lipinski definition) is 1. The highest BCUT2D eigenvalue weighted by Crippen LogP contribution is 2.16. The van der Waals surface area contributed by atoms with Crippen molar-refractivity contribution in [3.05, 3.63) is 6.07 Å². The molecule has 0 atom stereocenters. The molecule has 0 saturated carbocycles. The molecule has 0 aliphatic carbocycles. The molecule has 6 heteroatoms. The minimum atomic E-state index is 0.419. The first-order valence-corrected chi connectivity index (χ1v) is 6.73. The summed E-state index contributed by atoms with van der Waals surface area (Å²) in [5, 5.41) is 0.614. The lowest BCUT2D eigenvalue weighted by Crippen LogP contribution is -2.11. The fourth-order valence-electron chi connectivity index (χ4n) is 1.11. The Kier molecular flexibility index (Phi) is 6.07. The van der Waals surface area contributed by atoms with Crippen molar-refractivity contribution in [1.29, 1.82) is 0 Å².